The smallest absolute Gasteiger partial charge is 0.260 e. The Labute approximate surface area is 185 Å². The molecule has 0 aromatic heterocycles. The van der Waals surface area contributed by atoms with Crippen LogP contribution in [-0.2, 0) is 4.79 Å². The fraction of sp³-hybridized carbons (Fsp3) is 0.609. The van der Waals surface area contributed by atoms with Crippen molar-refractivity contribution in [3.05, 3.63) is 35.4 Å². The van der Waals surface area contributed by atoms with E-state index in [9.17, 15) is 9.59 Å². The van der Waals surface area contributed by atoms with Crippen molar-refractivity contribution in [3.8, 4) is 0 Å². The Morgan fingerprint density at radius 2 is 1.83 bits per heavy atom. The number of nitrogens with one attached hydrogen (secondary N) is 4. The van der Waals surface area contributed by atoms with Gasteiger partial charge in [-0.1, -0.05) is 58.7 Å². The molecule has 0 aliphatic heterocycles. The van der Waals surface area contributed by atoms with E-state index in [4.69, 9.17) is 12.2 Å². The molecule has 30 heavy (non-hydrogen) atoms. The third-order valence-corrected chi connectivity index (χ3v) is 6.26. The first kappa shape index (κ1) is 24.1. The summed E-state index contributed by atoms with van der Waals surface area (Å²) in [7, 11) is 0. The molecule has 1 saturated carbocycles. The van der Waals surface area contributed by atoms with Crippen LogP contribution in [0.15, 0.2) is 24.3 Å². The molecule has 6 nitrogen and oxygen atoms in total. The molecule has 4 N–H and O–H groups in total. The molecule has 0 radical (unpaired) electrons. The Hall–Kier alpha value is -2.15. The summed E-state index contributed by atoms with van der Waals surface area (Å²) in [6.45, 7) is 10.4. The van der Waals surface area contributed by atoms with Crippen molar-refractivity contribution in [3.63, 3.8) is 0 Å². The average Bonchev–Trinajstić information content (AvgIpc) is 2.69. The van der Waals surface area contributed by atoms with Crippen LogP contribution >= 0.6 is 12.2 Å². The Bertz CT molecular complexity index is 752. The quantitative estimate of drug-likeness (QED) is 0.409. The summed E-state index contributed by atoms with van der Waals surface area (Å²) >= 11 is 5.38. The first-order valence-corrected chi connectivity index (χ1v) is 11.3. The molecule has 166 valence electrons. The van der Waals surface area contributed by atoms with E-state index in [0.717, 1.165) is 12.0 Å². The van der Waals surface area contributed by atoms with Crippen LogP contribution < -0.4 is 21.5 Å². The molecule has 2 rings (SSSR count). The Kier molecular flexibility index (Phi) is 9.08. The van der Waals surface area contributed by atoms with E-state index in [-0.39, 0.29) is 17.7 Å². The van der Waals surface area contributed by atoms with E-state index in [0.29, 0.717) is 35.0 Å². The van der Waals surface area contributed by atoms with Crippen molar-refractivity contribution in [2.45, 2.75) is 72.4 Å². The Balaban J connectivity index is 1.92. The molecule has 2 amide bonds. The number of rotatable bonds is 6. The minimum absolute atomic E-state index is 0.243. The highest BCUT2D eigenvalue weighted by Gasteiger charge is 2.28. The number of thiocarbonyl (C=S) groups is 1. The van der Waals surface area contributed by atoms with E-state index in [2.05, 4.69) is 35.3 Å². The molecular formula is C23H36N4O2S. The molecule has 7 heteroatoms. The third kappa shape index (κ3) is 6.97. The van der Waals surface area contributed by atoms with Crippen molar-refractivity contribution in [2.24, 2.45) is 17.8 Å². The minimum Gasteiger partial charge on any atom is -0.358 e. The zero-order valence-electron chi connectivity index (χ0n) is 18.7. The van der Waals surface area contributed by atoms with Gasteiger partial charge in [0.25, 0.3) is 11.8 Å². The van der Waals surface area contributed by atoms with Crippen LogP contribution in [0.4, 0.5) is 0 Å². The lowest BCUT2D eigenvalue weighted by Crippen LogP contribution is -2.56. The lowest BCUT2D eigenvalue weighted by Gasteiger charge is -2.35. The normalized spacial score (nSPS) is 22.1. The second-order valence-electron chi connectivity index (χ2n) is 8.93. The second-order valence-corrected chi connectivity index (χ2v) is 9.34. The SMILES string of the molecule is Cc1ccccc1C(=O)N[C@H](CC(C)C)C(=O)NNC(=S)N[C@@H]1CCC[C@H](C)[C@@H]1C. The van der Waals surface area contributed by atoms with Gasteiger partial charge in [-0.3, -0.25) is 20.4 Å². The maximum Gasteiger partial charge on any atom is 0.260 e. The molecule has 1 aliphatic rings. The van der Waals surface area contributed by atoms with E-state index < -0.39 is 6.04 Å². The van der Waals surface area contributed by atoms with Crippen LogP contribution in [0.1, 0.15) is 69.3 Å². The molecule has 4 atom stereocenters. The lowest BCUT2D eigenvalue weighted by atomic mass is 9.78. The van der Waals surface area contributed by atoms with Crippen molar-refractivity contribution in [1.82, 2.24) is 21.5 Å². The van der Waals surface area contributed by atoms with Crippen LogP contribution in [0.3, 0.4) is 0 Å². The maximum atomic E-state index is 12.8. The molecule has 0 spiro atoms. The predicted octanol–water partition coefficient (Wildman–Crippen LogP) is 3.46. The first-order chi connectivity index (χ1) is 14.2. The molecule has 0 unspecified atom stereocenters. The maximum absolute atomic E-state index is 12.8. The Morgan fingerprint density at radius 3 is 2.50 bits per heavy atom. The largest absolute Gasteiger partial charge is 0.358 e. The zero-order chi connectivity index (χ0) is 22.3. The van der Waals surface area contributed by atoms with E-state index in [1.165, 1.54) is 12.8 Å². The van der Waals surface area contributed by atoms with Crippen molar-refractivity contribution >= 4 is 29.1 Å². The molecule has 0 bridgehead atoms. The number of hydrogen-bond acceptors (Lipinski definition) is 3. The second kappa shape index (κ2) is 11.3. The highest BCUT2D eigenvalue weighted by molar-refractivity contribution is 7.80. The molecule has 1 aromatic rings. The van der Waals surface area contributed by atoms with E-state index in [1.807, 2.05) is 39.0 Å². The lowest BCUT2D eigenvalue weighted by molar-refractivity contribution is -0.123. The van der Waals surface area contributed by atoms with Gasteiger partial charge < -0.3 is 10.6 Å². The minimum atomic E-state index is -0.652. The summed E-state index contributed by atoms with van der Waals surface area (Å²) in [5.41, 5.74) is 6.93. The summed E-state index contributed by atoms with van der Waals surface area (Å²) < 4.78 is 0. The number of carbonyl (C=O) groups is 2. The van der Waals surface area contributed by atoms with Gasteiger partial charge in [0, 0.05) is 11.6 Å². The van der Waals surface area contributed by atoms with Crippen LogP contribution in [0.2, 0.25) is 0 Å². The molecule has 0 heterocycles. The number of carbonyl (C=O) groups excluding carboxylic acids is 2. The van der Waals surface area contributed by atoms with Crippen molar-refractivity contribution in [1.29, 1.82) is 0 Å². The van der Waals surface area contributed by atoms with E-state index >= 15 is 0 Å². The summed E-state index contributed by atoms with van der Waals surface area (Å²) in [4.78, 5) is 25.4. The summed E-state index contributed by atoms with van der Waals surface area (Å²) in [6.07, 6.45) is 4.03. The van der Waals surface area contributed by atoms with Crippen LogP contribution in [-0.4, -0.2) is 29.0 Å². The van der Waals surface area contributed by atoms with Gasteiger partial charge in [0.15, 0.2) is 5.11 Å². The molecular weight excluding hydrogens is 396 g/mol. The van der Waals surface area contributed by atoms with Crippen molar-refractivity contribution in [2.75, 3.05) is 0 Å². The van der Waals surface area contributed by atoms with Crippen LogP contribution in [0, 0.1) is 24.7 Å². The highest BCUT2D eigenvalue weighted by Crippen LogP contribution is 2.29. The number of benzene rings is 1. The number of hydrogen-bond donors (Lipinski definition) is 4. The molecule has 0 saturated heterocycles. The summed E-state index contributed by atoms with van der Waals surface area (Å²) in [5, 5.41) is 6.60. The van der Waals surface area contributed by atoms with Gasteiger partial charge in [-0.25, -0.2) is 0 Å². The topological polar surface area (TPSA) is 82.3 Å². The zero-order valence-corrected chi connectivity index (χ0v) is 19.6. The standard InChI is InChI=1S/C23H36N4O2S/c1-14(2)13-20(24-21(28)18-11-7-6-9-16(18)4)22(29)26-27-23(30)25-19-12-8-10-15(3)17(19)5/h6-7,9,11,14-15,17,19-20H,8,10,12-13H2,1-5H3,(H,24,28)(H,26,29)(H2,25,27,30)/t15-,17-,19+,20+/m0/s1. The number of hydrazine groups is 1. The summed E-state index contributed by atoms with van der Waals surface area (Å²) in [6, 6.07) is 7.00. The van der Waals surface area contributed by atoms with Gasteiger partial charge >= 0.3 is 0 Å². The van der Waals surface area contributed by atoms with Gasteiger partial charge in [-0.15, -0.1) is 0 Å². The van der Waals surface area contributed by atoms with Gasteiger partial charge in [-0.2, -0.15) is 0 Å². The van der Waals surface area contributed by atoms with Gasteiger partial charge in [-0.05, 0) is 61.4 Å². The average molecular weight is 433 g/mol. The molecule has 1 fully saturated rings. The monoisotopic (exact) mass is 432 g/mol. The van der Waals surface area contributed by atoms with Gasteiger partial charge in [0.1, 0.15) is 6.04 Å². The predicted molar refractivity (Wildman–Crippen MR) is 125 cm³/mol. The first-order valence-electron chi connectivity index (χ1n) is 10.9. The van der Waals surface area contributed by atoms with Crippen molar-refractivity contribution < 1.29 is 9.59 Å². The third-order valence-electron chi connectivity index (χ3n) is 6.04. The van der Waals surface area contributed by atoms with Crippen LogP contribution in [0.25, 0.3) is 0 Å². The summed E-state index contributed by atoms with van der Waals surface area (Å²) in [5.74, 6) is 0.865. The highest BCUT2D eigenvalue weighted by atomic mass is 32.1. The van der Waals surface area contributed by atoms with Gasteiger partial charge in [0.2, 0.25) is 0 Å². The number of aryl methyl sites for hydroxylation is 1. The van der Waals surface area contributed by atoms with E-state index in [1.54, 1.807) is 6.07 Å². The molecule has 1 aliphatic carbocycles. The van der Waals surface area contributed by atoms with Gasteiger partial charge in [0.05, 0.1) is 0 Å². The number of amides is 2. The van der Waals surface area contributed by atoms with Crippen LogP contribution in [0.5, 0.6) is 0 Å². The Morgan fingerprint density at radius 1 is 1.13 bits per heavy atom. The fourth-order valence-corrected chi connectivity index (χ4v) is 4.16. The molecule has 1 aromatic carbocycles. The fourth-order valence-electron chi connectivity index (χ4n) is 3.96.